The summed E-state index contributed by atoms with van der Waals surface area (Å²) in [6.45, 7) is 12.4. The molecule has 1 aliphatic rings. The number of halogens is 1. The average molecular weight is 636 g/mol. The van der Waals surface area contributed by atoms with Crippen molar-refractivity contribution in [3.63, 3.8) is 0 Å². The molecule has 1 saturated heterocycles. The number of benzene rings is 1. The second-order valence-electron chi connectivity index (χ2n) is 12.8. The molecule has 11 nitrogen and oxygen atoms in total. The SMILES string of the molecule is COc1cc(/N=c2\ccc3ncc(-c4cnn(C)c4)nc3n2CC2CCC(=O)N2CCO[Si](C)(C)C(C)(C)C)c(F)c(OC)c1. The monoisotopic (exact) mass is 635 g/mol. The molecular formula is C32H42FN7O4Si. The Morgan fingerprint density at radius 2 is 1.91 bits per heavy atom. The van der Waals surface area contributed by atoms with Crippen LogP contribution in [0.15, 0.2) is 47.8 Å². The Balaban J connectivity index is 1.59. The van der Waals surface area contributed by atoms with E-state index in [4.69, 9.17) is 23.9 Å². The molecule has 1 aliphatic heterocycles. The van der Waals surface area contributed by atoms with Crippen LogP contribution in [0.25, 0.3) is 22.4 Å². The van der Waals surface area contributed by atoms with Crippen LogP contribution in [0.2, 0.25) is 18.1 Å². The van der Waals surface area contributed by atoms with E-state index in [0.717, 1.165) is 5.56 Å². The van der Waals surface area contributed by atoms with E-state index in [9.17, 15) is 4.79 Å². The number of fused-ring (bicyclic) bond motifs is 1. The molecule has 3 aromatic heterocycles. The van der Waals surface area contributed by atoms with Crippen molar-refractivity contribution in [3.8, 4) is 22.8 Å². The molecular weight excluding hydrogens is 593 g/mol. The minimum atomic E-state index is -1.98. The number of aryl methyl sites for hydroxylation is 1. The first-order chi connectivity index (χ1) is 21.3. The third-order valence-corrected chi connectivity index (χ3v) is 13.4. The fourth-order valence-corrected chi connectivity index (χ4v) is 6.21. The van der Waals surface area contributed by atoms with Crippen molar-refractivity contribution in [2.45, 2.75) is 64.3 Å². The summed E-state index contributed by atoms with van der Waals surface area (Å²) < 4.78 is 36.1. The molecule has 45 heavy (non-hydrogen) atoms. The van der Waals surface area contributed by atoms with Crippen LogP contribution in [0, 0.1) is 5.82 Å². The molecule has 1 fully saturated rings. The molecule has 0 spiro atoms. The summed E-state index contributed by atoms with van der Waals surface area (Å²) in [6, 6.07) is 6.45. The van der Waals surface area contributed by atoms with Crippen molar-refractivity contribution in [2.75, 3.05) is 27.4 Å². The lowest BCUT2D eigenvalue weighted by Gasteiger charge is -2.37. The van der Waals surface area contributed by atoms with Gasteiger partial charge in [0, 0.05) is 50.5 Å². The fraction of sp³-hybridized carbons (Fsp3) is 0.469. The van der Waals surface area contributed by atoms with E-state index >= 15 is 4.39 Å². The Labute approximate surface area is 263 Å². The Bertz CT molecular complexity index is 1780. The maximum absolute atomic E-state index is 15.5. The first-order valence-corrected chi connectivity index (χ1v) is 18.0. The van der Waals surface area contributed by atoms with Crippen molar-refractivity contribution in [3.05, 3.63) is 54.2 Å². The van der Waals surface area contributed by atoms with Crippen molar-refractivity contribution >= 4 is 31.1 Å². The van der Waals surface area contributed by atoms with Crippen LogP contribution in [-0.4, -0.2) is 76.9 Å². The van der Waals surface area contributed by atoms with Crippen LogP contribution >= 0.6 is 0 Å². The number of ether oxygens (including phenoxy) is 2. The van der Waals surface area contributed by atoms with Gasteiger partial charge in [0.15, 0.2) is 25.5 Å². The first-order valence-electron chi connectivity index (χ1n) is 15.1. The van der Waals surface area contributed by atoms with Crippen molar-refractivity contribution < 1.29 is 23.1 Å². The summed E-state index contributed by atoms with van der Waals surface area (Å²) in [5, 5.41) is 4.35. The number of hydrogen-bond donors (Lipinski definition) is 0. The van der Waals surface area contributed by atoms with Crippen LogP contribution < -0.4 is 15.0 Å². The second-order valence-corrected chi connectivity index (χ2v) is 17.6. The van der Waals surface area contributed by atoms with Gasteiger partial charge >= 0.3 is 0 Å². The lowest BCUT2D eigenvalue weighted by molar-refractivity contribution is -0.129. The van der Waals surface area contributed by atoms with Gasteiger partial charge in [0.05, 0.1) is 45.0 Å². The highest BCUT2D eigenvalue weighted by Crippen LogP contribution is 2.37. The predicted molar refractivity (Wildman–Crippen MR) is 172 cm³/mol. The van der Waals surface area contributed by atoms with Crippen LogP contribution in [0.1, 0.15) is 33.6 Å². The van der Waals surface area contributed by atoms with Gasteiger partial charge in [-0.3, -0.25) is 14.5 Å². The van der Waals surface area contributed by atoms with Crippen LogP contribution in [-0.2, 0) is 22.8 Å². The van der Waals surface area contributed by atoms with E-state index < -0.39 is 14.1 Å². The van der Waals surface area contributed by atoms with Gasteiger partial charge in [-0.05, 0) is 36.7 Å². The number of amides is 1. The number of rotatable bonds is 10. The Kier molecular flexibility index (Phi) is 9.13. The molecule has 0 saturated carbocycles. The van der Waals surface area contributed by atoms with Gasteiger partial charge in [0.25, 0.3) is 0 Å². The Hall–Kier alpha value is -4.10. The molecule has 5 rings (SSSR count). The van der Waals surface area contributed by atoms with E-state index in [2.05, 4.69) is 43.9 Å². The third-order valence-electron chi connectivity index (χ3n) is 8.84. The highest BCUT2D eigenvalue weighted by molar-refractivity contribution is 6.74. The van der Waals surface area contributed by atoms with Gasteiger partial charge in [0.1, 0.15) is 22.4 Å². The number of hydrogen-bond acceptors (Lipinski definition) is 8. The summed E-state index contributed by atoms with van der Waals surface area (Å²) in [4.78, 5) is 29.4. The number of nitrogens with zero attached hydrogens (tertiary/aromatic N) is 7. The van der Waals surface area contributed by atoms with E-state index in [1.165, 1.54) is 26.4 Å². The second kappa shape index (κ2) is 12.7. The van der Waals surface area contributed by atoms with Gasteiger partial charge in [-0.1, -0.05) is 20.8 Å². The molecule has 240 valence electrons. The topological polar surface area (TPSA) is 109 Å². The lowest BCUT2D eigenvalue weighted by atomic mass is 10.2. The zero-order chi connectivity index (χ0) is 32.5. The van der Waals surface area contributed by atoms with E-state index in [1.807, 2.05) is 28.8 Å². The van der Waals surface area contributed by atoms with Crippen molar-refractivity contribution in [1.82, 2.24) is 29.2 Å². The summed E-state index contributed by atoms with van der Waals surface area (Å²) in [6.07, 6.45) is 6.41. The normalized spacial score (nSPS) is 16.2. The number of carbonyl (C=O) groups is 1. The van der Waals surface area contributed by atoms with Crippen LogP contribution in [0.5, 0.6) is 11.5 Å². The zero-order valence-corrected chi connectivity index (χ0v) is 28.3. The van der Waals surface area contributed by atoms with Gasteiger partial charge in [-0.2, -0.15) is 5.10 Å². The van der Waals surface area contributed by atoms with Crippen molar-refractivity contribution in [1.29, 1.82) is 0 Å². The van der Waals surface area contributed by atoms with Crippen LogP contribution in [0.3, 0.4) is 0 Å². The minimum absolute atomic E-state index is 0.0217. The smallest absolute Gasteiger partial charge is 0.223 e. The number of carbonyl (C=O) groups excluding carboxylic acids is 1. The van der Waals surface area contributed by atoms with Gasteiger partial charge in [-0.25, -0.2) is 14.4 Å². The summed E-state index contributed by atoms with van der Waals surface area (Å²) in [7, 11) is 2.76. The highest BCUT2D eigenvalue weighted by atomic mass is 28.4. The Morgan fingerprint density at radius 3 is 2.58 bits per heavy atom. The molecule has 4 heterocycles. The number of pyridine rings is 1. The molecule has 1 amide bonds. The van der Waals surface area contributed by atoms with Gasteiger partial charge in [-0.15, -0.1) is 0 Å². The summed E-state index contributed by atoms with van der Waals surface area (Å²) in [5.41, 5.74) is 3.15. The average Bonchev–Trinajstić information content (AvgIpc) is 3.59. The maximum atomic E-state index is 15.5. The molecule has 0 bridgehead atoms. The molecule has 1 atom stereocenters. The Morgan fingerprint density at radius 1 is 1.13 bits per heavy atom. The molecule has 1 unspecified atom stereocenters. The van der Waals surface area contributed by atoms with E-state index in [0.29, 0.717) is 60.6 Å². The first kappa shape index (κ1) is 32.3. The third kappa shape index (κ3) is 6.78. The zero-order valence-electron chi connectivity index (χ0n) is 27.3. The van der Waals surface area contributed by atoms with Crippen molar-refractivity contribution in [2.24, 2.45) is 12.0 Å². The largest absolute Gasteiger partial charge is 0.497 e. The summed E-state index contributed by atoms with van der Waals surface area (Å²) >= 11 is 0. The minimum Gasteiger partial charge on any atom is -0.497 e. The molecule has 0 aliphatic carbocycles. The number of likely N-dealkylation sites (tertiary alicyclic amines) is 1. The quantitative estimate of drug-likeness (QED) is 0.220. The van der Waals surface area contributed by atoms with Gasteiger partial charge in [0.2, 0.25) is 5.91 Å². The molecule has 4 aromatic rings. The van der Waals surface area contributed by atoms with E-state index in [-0.39, 0.29) is 28.4 Å². The summed E-state index contributed by atoms with van der Waals surface area (Å²) in [5.74, 6) is -0.0925. The van der Waals surface area contributed by atoms with Crippen LogP contribution in [0.4, 0.5) is 10.1 Å². The number of aromatic nitrogens is 5. The molecule has 0 radical (unpaired) electrons. The standard InChI is InChI=1S/C32H42FN7O4Si/c1-32(2,3)45(7,8)44-14-13-39-22(9-12-29(39)41)20-40-28(36-25-15-23(42-5)16-27(43-6)30(25)33)11-10-24-31(40)37-26(18-34-24)21-17-35-38(4)19-21/h10-11,15-19,22H,9,12-14,20H2,1-8H3/b36-28+. The highest BCUT2D eigenvalue weighted by Gasteiger charge is 2.38. The molecule has 13 heteroatoms. The molecule has 1 aromatic carbocycles. The van der Waals surface area contributed by atoms with E-state index in [1.54, 1.807) is 23.1 Å². The molecule has 0 N–H and O–H groups in total. The van der Waals surface area contributed by atoms with Gasteiger partial charge < -0.3 is 23.4 Å². The number of methoxy groups -OCH3 is 2. The maximum Gasteiger partial charge on any atom is 0.223 e. The predicted octanol–water partition coefficient (Wildman–Crippen LogP) is 5.23. The lowest BCUT2D eigenvalue weighted by Crippen LogP contribution is -2.45. The fourth-order valence-electron chi connectivity index (χ4n) is 5.17.